The van der Waals surface area contributed by atoms with Gasteiger partial charge in [0.1, 0.15) is 0 Å². The predicted octanol–water partition coefficient (Wildman–Crippen LogP) is -0.726. The molecule has 2 unspecified atom stereocenters. The van der Waals surface area contributed by atoms with E-state index in [9.17, 15) is 4.79 Å². The van der Waals surface area contributed by atoms with Crippen molar-refractivity contribution < 1.29 is 9.53 Å². The minimum atomic E-state index is -0.0799. The van der Waals surface area contributed by atoms with Crippen molar-refractivity contribution >= 4 is 5.91 Å². The molecule has 44 valence electrons. The molecular formula is C5H7NO2. The average molecular weight is 113 g/mol. The Morgan fingerprint density at radius 3 is 3.25 bits per heavy atom. The fraction of sp³-hybridized carbons (Fsp3) is 0.800. The first kappa shape index (κ1) is 4.32. The van der Waals surface area contributed by atoms with Crippen LogP contribution < -0.4 is 5.32 Å². The van der Waals surface area contributed by atoms with Crippen molar-refractivity contribution in [2.45, 2.75) is 18.6 Å². The lowest BCUT2D eigenvalue weighted by Crippen LogP contribution is -2.34. The Hall–Kier alpha value is -0.570. The van der Waals surface area contributed by atoms with E-state index in [0.29, 0.717) is 0 Å². The van der Waals surface area contributed by atoms with Crippen molar-refractivity contribution in [3.8, 4) is 0 Å². The van der Waals surface area contributed by atoms with Crippen molar-refractivity contribution in [1.82, 2.24) is 5.32 Å². The maximum Gasteiger partial charge on any atom is 0.251 e. The first-order valence-corrected chi connectivity index (χ1v) is 2.81. The topological polar surface area (TPSA) is 41.6 Å². The van der Waals surface area contributed by atoms with Crippen LogP contribution in [-0.4, -0.2) is 24.7 Å². The highest BCUT2D eigenvalue weighted by Crippen LogP contribution is 2.27. The molecule has 3 heteroatoms. The molecule has 0 bridgehead atoms. The Bertz CT molecular complexity index is 134. The zero-order chi connectivity index (χ0) is 5.56. The van der Waals surface area contributed by atoms with Crippen LogP contribution in [0.25, 0.3) is 0 Å². The van der Waals surface area contributed by atoms with Gasteiger partial charge in [-0.25, -0.2) is 0 Å². The molecule has 2 rings (SSSR count). The predicted molar refractivity (Wildman–Crippen MR) is 26.3 cm³/mol. The molecule has 8 heavy (non-hydrogen) atoms. The molecule has 0 spiro atoms. The van der Waals surface area contributed by atoms with Crippen molar-refractivity contribution in [2.24, 2.45) is 0 Å². The van der Waals surface area contributed by atoms with Gasteiger partial charge in [-0.2, -0.15) is 0 Å². The lowest BCUT2D eigenvalue weighted by molar-refractivity contribution is -0.122. The van der Waals surface area contributed by atoms with E-state index in [4.69, 9.17) is 4.74 Å². The molecule has 2 saturated heterocycles. The van der Waals surface area contributed by atoms with E-state index in [1.807, 2.05) is 0 Å². The number of nitrogens with one attached hydrogen (secondary N) is 1. The molecule has 2 heterocycles. The number of hydrogen-bond acceptors (Lipinski definition) is 2. The first-order chi connectivity index (χ1) is 3.88. The third-order valence-electron chi connectivity index (χ3n) is 1.57. The molecule has 1 amide bonds. The number of hydrogen-bond donors (Lipinski definition) is 1. The second kappa shape index (κ2) is 1.23. The van der Waals surface area contributed by atoms with Gasteiger partial charge in [0.2, 0.25) is 0 Å². The fourth-order valence-electron chi connectivity index (χ4n) is 1.03. The summed E-state index contributed by atoms with van der Waals surface area (Å²) in [4.78, 5) is 10.6. The normalized spacial score (nSPS) is 42.8. The highest BCUT2D eigenvalue weighted by Gasteiger charge is 2.46. The zero-order valence-corrected chi connectivity index (χ0v) is 4.39. The fourth-order valence-corrected chi connectivity index (χ4v) is 1.03. The SMILES string of the molecule is O=C1NCCC2OC12. The van der Waals surface area contributed by atoms with Gasteiger partial charge >= 0.3 is 0 Å². The molecular weight excluding hydrogens is 106 g/mol. The first-order valence-electron chi connectivity index (χ1n) is 2.81. The van der Waals surface area contributed by atoms with Crippen LogP contribution in [0.2, 0.25) is 0 Å². The Kier molecular flexibility index (Phi) is 0.663. The summed E-state index contributed by atoms with van der Waals surface area (Å²) in [6.07, 6.45) is 1.18. The summed E-state index contributed by atoms with van der Waals surface area (Å²) in [5.41, 5.74) is 0. The maximum atomic E-state index is 10.6. The quantitative estimate of drug-likeness (QED) is 0.421. The molecule has 0 aromatic rings. The summed E-state index contributed by atoms with van der Waals surface area (Å²) in [5, 5.41) is 2.71. The van der Waals surface area contributed by atoms with E-state index in [-0.39, 0.29) is 18.1 Å². The highest BCUT2D eigenvalue weighted by molar-refractivity contribution is 5.84. The number of rotatable bonds is 0. The van der Waals surface area contributed by atoms with Crippen molar-refractivity contribution in [1.29, 1.82) is 0 Å². The second-order valence-corrected chi connectivity index (χ2v) is 2.17. The van der Waals surface area contributed by atoms with Gasteiger partial charge in [-0.1, -0.05) is 0 Å². The van der Waals surface area contributed by atoms with Gasteiger partial charge in [0.15, 0.2) is 6.10 Å². The van der Waals surface area contributed by atoms with Crippen molar-refractivity contribution in [2.75, 3.05) is 6.54 Å². The Balaban J connectivity index is 2.08. The molecule has 0 saturated carbocycles. The number of piperidine rings is 1. The molecule has 3 nitrogen and oxygen atoms in total. The minimum absolute atomic E-state index is 0.0706. The molecule has 2 aliphatic rings. The van der Waals surface area contributed by atoms with Crippen LogP contribution in [0.5, 0.6) is 0 Å². The molecule has 0 radical (unpaired) electrons. The monoisotopic (exact) mass is 113 g/mol. The molecule has 2 fully saturated rings. The summed E-state index contributed by atoms with van der Waals surface area (Å²) in [7, 11) is 0. The van der Waals surface area contributed by atoms with Crippen LogP contribution in [0.1, 0.15) is 6.42 Å². The van der Waals surface area contributed by atoms with Gasteiger partial charge in [0.25, 0.3) is 5.91 Å². The van der Waals surface area contributed by atoms with E-state index < -0.39 is 0 Å². The number of fused-ring (bicyclic) bond motifs is 1. The van der Waals surface area contributed by atoms with E-state index in [2.05, 4.69) is 5.32 Å². The standard InChI is InChI=1S/C5H7NO2/c7-5-4-3(8-4)1-2-6-5/h3-4H,1-2H2,(H,6,7). The van der Waals surface area contributed by atoms with E-state index in [1.54, 1.807) is 0 Å². The molecule has 2 atom stereocenters. The Morgan fingerprint density at radius 2 is 2.62 bits per heavy atom. The van der Waals surface area contributed by atoms with E-state index in [0.717, 1.165) is 13.0 Å². The summed E-state index contributed by atoms with van der Waals surface area (Å²) < 4.78 is 4.98. The van der Waals surface area contributed by atoms with Crippen LogP contribution >= 0.6 is 0 Å². The largest absolute Gasteiger partial charge is 0.359 e. The van der Waals surface area contributed by atoms with Gasteiger partial charge in [-0.3, -0.25) is 4.79 Å². The Morgan fingerprint density at radius 1 is 1.75 bits per heavy atom. The number of amides is 1. The zero-order valence-electron chi connectivity index (χ0n) is 4.39. The molecule has 0 aliphatic carbocycles. The maximum absolute atomic E-state index is 10.6. The molecule has 2 aliphatic heterocycles. The molecule has 1 N–H and O–H groups in total. The number of carbonyl (C=O) groups is 1. The van der Waals surface area contributed by atoms with Crippen LogP contribution in [0.15, 0.2) is 0 Å². The summed E-state index contributed by atoms with van der Waals surface area (Å²) >= 11 is 0. The highest BCUT2D eigenvalue weighted by atomic mass is 16.6. The van der Waals surface area contributed by atoms with Gasteiger partial charge < -0.3 is 10.1 Å². The summed E-state index contributed by atoms with van der Waals surface area (Å²) in [6, 6.07) is 0. The lowest BCUT2D eigenvalue weighted by atomic mass is 10.2. The van der Waals surface area contributed by atoms with Crippen LogP contribution in [0.4, 0.5) is 0 Å². The van der Waals surface area contributed by atoms with E-state index in [1.165, 1.54) is 0 Å². The third kappa shape index (κ3) is 0.448. The van der Waals surface area contributed by atoms with E-state index >= 15 is 0 Å². The lowest BCUT2D eigenvalue weighted by Gasteiger charge is -2.04. The van der Waals surface area contributed by atoms with Gasteiger partial charge in [0, 0.05) is 6.54 Å². The van der Waals surface area contributed by atoms with Crippen LogP contribution in [0, 0.1) is 0 Å². The molecule has 0 aromatic carbocycles. The second-order valence-electron chi connectivity index (χ2n) is 2.17. The average Bonchev–Trinajstić information content (AvgIpc) is 2.45. The number of epoxide rings is 1. The van der Waals surface area contributed by atoms with Gasteiger partial charge in [-0.15, -0.1) is 0 Å². The van der Waals surface area contributed by atoms with Crippen molar-refractivity contribution in [3.05, 3.63) is 0 Å². The smallest absolute Gasteiger partial charge is 0.251 e. The third-order valence-corrected chi connectivity index (χ3v) is 1.57. The van der Waals surface area contributed by atoms with Crippen LogP contribution in [0.3, 0.4) is 0 Å². The summed E-state index contributed by atoms with van der Waals surface area (Å²) in [6.45, 7) is 0.792. The molecule has 0 aromatic heterocycles. The van der Waals surface area contributed by atoms with Gasteiger partial charge in [0.05, 0.1) is 6.10 Å². The van der Waals surface area contributed by atoms with Crippen molar-refractivity contribution in [3.63, 3.8) is 0 Å². The van der Waals surface area contributed by atoms with Crippen LogP contribution in [-0.2, 0) is 9.53 Å². The Labute approximate surface area is 47.0 Å². The number of carbonyl (C=O) groups excluding carboxylic acids is 1. The number of ether oxygens (including phenoxy) is 1. The minimum Gasteiger partial charge on any atom is -0.359 e. The summed E-state index contributed by atoms with van der Waals surface area (Å²) in [5.74, 6) is 0.0706. The van der Waals surface area contributed by atoms with Gasteiger partial charge in [-0.05, 0) is 6.42 Å².